The molecule has 0 N–H and O–H groups in total. The van der Waals surface area contributed by atoms with Gasteiger partial charge in [0.05, 0.1) is 0 Å². The summed E-state index contributed by atoms with van der Waals surface area (Å²) < 4.78 is 16.9. The molecular formula is C67H114O6. The van der Waals surface area contributed by atoms with Crippen molar-refractivity contribution in [3.05, 3.63) is 97.2 Å². The second-order valence-corrected chi connectivity index (χ2v) is 20.2. The Labute approximate surface area is 451 Å². The molecule has 418 valence electrons. The maximum Gasteiger partial charge on any atom is 0.306 e. The lowest BCUT2D eigenvalue weighted by Gasteiger charge is -2.18. The molecule has 0 aliphatic rings. The highest BCUT2D eigenvalue weighted by atomic mass is 16.6. The van der Waals surface area contributed by atoms with Crippen LogP contribution in [0.15, 0.2) is 97.2 Å². The van der Waals surface area contributed by atoms with E-state index in [2.05, 4.69) is 118 Å². The van der Waals surface area contributed by atoms with Crippen LogP contribution in [0.2, 0.25) is 0 Å². The standard InChI is InChI=1S/C67H114O6/c1-4-7-10-13-16-19-22-25-28-31-33-36-39-42-45-48-51-54-57-60-66(69)72-63-64(62-71-65(68)59-56-53-50-47-44-41-38-35-30-27-24-21-18-15-12-9-6-3)73-67(70)61-58-55-52-49-46-43-40-37-34-32-29-26-23-20-17-14-11-8-5-2/h7-8,10-11,16-17,19-20,25-26,28-29,33,36,42,45,64H,4-6,9,12-15,18,21-24,27,30-32,34-35,37-41,43-44,46-63H2,1-3H3/b10-7-,11-8-,19-16-,20-17-,28-25-,29-26-,36-33-,45-42-. The van der Waals surface area contributed by atoms with Crippen LogP contribution >= 0.6 is 0 Å². The van der Waals surface area contributed by atoms with Gasteiger partial charge >= 0.3 is 17.9 Å². The second-order valence-electron chi connectivity index (χ2n) is 20.2. The van der Waals surface area contributed by atoms with Gasteiger partial charge in [-0.25, -0.2) is 0 Å². The Hall–Kier alpha value is -3.67. The van der Waals surface area contributed by atoms with E-state index in [1.807, 2.05) is 0 Å². The molecule has 0 aromatic heterocycles. The van der Waals surface area contributed by atoms with Gasteiger partial charge in [0, 0.05) is 19.3 Å². The molecule has 0 aliphatic heterocycles. The minimum Gasteiger partial charge on any atom is -0.462 e. The Kier molecular flexibility index (Phi) is 57.8. The van der Waals surface area contributed by atoms with E-state index in [9.17, 15) is 14.4 Å². The molecule has 0 saturated carbocycles. The van der Waals surface area contributed by atoms with E-state index in [1.165, 1.54) is 135 Å². The zero-order valence-corrected chi connectivity index (χ0v) is 47.9. The van der Waals surface area contributed by atoms with Gasteiger partial charge in [-0.1, -0.05) is 272 Å². The highest BCUT2D eigenvalue weighted by molar-refractivity contribution is 5.71. The van der Waals surface area contributed by atoms with Crippen LogP contribution in [0.4, 0.5) is 0 Å². The average molecular weight is 1020 g/mol. The summed E-state index contributed by atoms with van der Waals surface area (Å²) in [5.74, 6) is -0.917. The monoisotopic (exact) mass is 1010 g/mol. The van der Waals surface area contributed by atoms with Crippen molar-refractivity contribution in [2.24, 2.45) is 0 Å². The molecule has 0 aromatic rings. The highest BCUT2D eigenvalue weighted by Gasteiger charge is 2.19. The van der Waals surface area contributed by atoms with E-state index in [-0.39, 0.29) is 31.1 Å². The summed E-state index contributed by atoms with van der Waals surface area (Å²) in [6.07, 6.45) is 81.1. The van der Waals surface area contributed by atoms with Crippen molar-refractivity contribution in [3.8, 4) is 0 Å². The third-order valence-corrected chi connectivity index (χ3v) is 13.1. The lowest BCUT2D eigenvalue weighted by Crippen LogP contribution is -2.30. The minimum atomic E-state index is -0.795. The van der Waals surface area contributed by atoms with Crippen LogP contribution in [0.5, 0.6) is 0 Å². The van der Waals surface area contributed by atoms with Gasteiger partial charge in [0.15, 0.2) is 6.10 Å². The Morgan fingerprint density at radius 2 is 0.534 bits per heavy atom. The number of esters is 3. The smallest absolute Gasteiger partial charge is 0.306 e. The number of hydrogen-bond acceptors (Lipinski definition) is 6. The molecule has 0 bridgehead atoms. The average Bonchev–Trinajstić information content (AvgIpc) is 3.39. The van der Waals surface area contributed by atoms with E-state index in [0.717, 1.165) is 116 Å². The molecule has 1 unspecified atom stereocenters. The van der Waals surface area contributed by atoms with Crippen molar-refractivity contribution in [2.45, 2.75) is 297 Å². The van der Waals surface area contributed by atoms with E-state index >= 15 is 0 Å². The molecule has 6 heteroatoms. The van der Waals surface area contributed by atoms with Gasteiger partial charge in [-0.05, 0) is 96.3 Å². The maximum absolute atomic E-state index is 12.9. The fourth-order valence-corrected chi connectivity index (χ4v) is 8.54. The predicted octanol–water partition coefficient (Wildman–Crippen LogP) is 20.9. The quantitative estimate of drug-likeness (QED) is 0.0261. The normalized spacial score (nSPS) is 12.8. The van der Waals surface area contributed by atoms with Gasteiger partial charge in [-0.15, -0.1) is 0 Å². The summed E-state index contributed by atoms with van der Waals surface area (Å²) in [6.45, 7) is 6.41. The molecule has 1 atom stereocenters. The third kappa shape index (κ3) is 59.1. The fourth-order valence-electron chi connectivity index (χ4n) is 8.54. The summed E-state index contributed by atoms with van der Waals surface area (Å²) in [5, 5.41) is 0. The number of carbonyl (C=O) groups excluding carboxylic acids is 3. The molecular weight excluding hydrogens is 901 g/mol. The lowest BCUT2D eigenvalue weighted by atomic mass is 10.0. The maximum atomic E-state index is 12.9. The number of unbranched alkanes of at least 4 members (excludes halogenated alkanes) is 28. The highest BCUT2D eigenvalue weighted by Crippen LogP contribution is 2.16. The van der Waals surface area contributed by atoms with Crippen molar-refractivity contribution >= 4 is 17.9 Å². The zero-order chi connectivity index (χ0) is 52.9. The van der Waals surface area contributed by atoms with Gasteiger partial charge in [0.1, 0.15) is 13.2 Å². The number of allylic oxidation sites excluding steroid dienone is 16. The summed E-state index contributed by atoms with van der Waals surface area (Å²) in [5.41, 5.74) is 0. The van der Waals surface area contributed by atoms with E-state index in [4.69, 9.17) is 14.2 Å². The Morgan fingerprint density at radius 3 is 0.849 bits per heavy atom. The van der Waals surface area contributed by atoms with Crippen molar-refractivity contribution < 1.29 is 28.6 Å². The molecule has 0 heterocycles. The van der Waals surface area contributed by atoms with Crippen molar-refractivity contribution in [1.82, 2.24) is 0 Å². The van der Waals surface area contributed by atoms with E-state index < -0.39 is 6.10 Å². The largest absolute Gasteiger partial charge is 0.462 e. The van der Waals surface area contributed by atoms with Gasteiger partial charge in [-0.3, -0.25) is 14.4 Å². The molecule has 0 fully saturated rings. The number of rotatable bonds is 55. The van der Waals surface area contributed by atoms with Crippen molar-refractivity contribution in [3.63, 3.8) is 0 Å². The van der Waals surface area contributed by atoms with Crippen molar-refractivity contribution in [2.75, 3.05) is 13.2 Å². The van der Waals surface area contributed by atoms with Gasteiger partial charge in [-0.2, -0.15) is 0 Å². The van der Waals surface area contributed by atoms with Crippen LogP contribution < -0.4 is 0 Å². The molecule has 73 heavy (non-hydrogen) atoms. The summed E-state index contributed by atoms with van der Waals surface area (Å²) in [4.78, 5) is 38.3. The molecule has 0 radical (unpaired) electrons. The number of hydrogen-bond donors (Lipinski definition) is 0. The molecule has 0 amide bonds. The predicted molar refractivity (Wildman–Crippen MR) is 316 cm³/mol. The van der Waals surface area contributed by atoms with Crippen LogP contribution in [-0.2, 0) is 28.6 Å². The van der Waals surface area contributed by atoms with Gasteiger partial charge < -0.3 is 14.2 Å². The van der Waals surface area contributed by atoms with Gasteiger partial charge in [0.2, 0.25) is 0 Å². The first-order chi connectivity index (χ1) is 36.0. The minimum absolute atomic E-state index is 0.0884. The van der Waals surface area contributed by atoms with Crippen LogP contribution in [0.25, 0.3) is 0 Å². The molecule has 6 nitrogen and oxygen atoms in total. The molecule has 0 spiro atoms. The molecule has 0 saturated heterocycles. The summed E-state index contributed by atoms with van der Waals surface area (Å²) >= 11 is 0. The molecule has 0 aromatic carbocycles. The van der Waals surface area contributed by atoms with Gasteiger partial charge in [0.25, 0.3) is 0 Å². The Balaban J connectivity index is 4.44. The lowest BCUT2D eigenvalue weighted by molar-refractivity contribution is -0.167. The van der Waals surface area contributed by atoms with Crippen LogP contribution in [-0.4, -0.2) is 37.2 Å². The first kappa shape index (κ1) is 69.3. The fraction of sp³-hybridized carbons (Fsp3) is 0.716. The van der Waals surface area contributed by atoms with Crippen LogP contribution in [0.3, 0.4) is 0 Å². The first-order valence-electron chi connectivity index (χ1n) is 30.7. The zero-order valence-electron chi connectivity index (χ0n) is 47.9. The summed E-state index contributed by atoms with van der Waals surface area (Å²) in [7, 11) is 0. The Morgan fingerprint density at radius 1 is 0.288 bits per heavy atom. The van der Waals surface area contributed by atoms with E-state index in [0.29, 0.717) is 19.3 Å². The molecule has 0 rings (SSSR count). The SMILES string of the molecule is CC/C=C\C/C=C\C/C=C\C/C=C\C/C=C\CCCCCC(=O)OCC(COC(=O)CCCCCCCCCCCCCCCCCCC)OC(=O)CCCCCCCCCCC/C=C\C/C=C\C/C=C\CC. The van der Waals surface area contributed by atoms with E-state index in [1.54, 1.807) is 0 Å². The third-order valence-electron chi connectivity index (χ3n) is 13.1. The Bertz CT molecular complexity index is 1440. The molecule has 0 aliphatic carbocycles. The number of carbonyl (C=O) groups is 3. The van der Waals surface area contributed by atoms with Crippen LogP contribution in [0.1, 0.15) is 290 Å². The topological polar surface area (TPSA) is 78.9 Å². The summed E-state index contributed by atoms with van der Waals surface area (Å²) in [6, 6.07) is 0. The first-order valence-corrected chi connectivity index (χ1v) is 30.7. The van der Waals surface area contributed by atoms with Crippen LogP contribution in [0, 0.1) is 0 Å². The van der Waals surface area contributed by atoms with Crippen molar-refractivity contribution in [1.29, 1.82) is 0 Å². The number of ether oxygens (including phenoxy) is 3. The second kappa shape index (κ2) is 60.9.